The molecule has 0 aliphatic heterocycles. The second-order valence-corrected chi connectivity index (χ2v) is 15.7. The normalized spacial score (nSPS) is 13.0. The summed E-state index contributed by atoms with van der Waals surface area (Å²) in [6, 6.07) is 13.9. The Morgan fingerprint density at radius 3 is 1.55 bits per heavy atom. The van der Waals surface area contributed by atoms with Crippen molar-refractivity contribution in [2.24, 2.45) is 0 Å². The Labute approximate surface area is 300 Å². The minimum Gasteiger partial charge on any atom is -0.479 e. The van der Waals surface area contributed by atoms with E-state index in [0.29, 0.717) is 34.3 Å². The third-order valence-electron chi connectivity index (χ3n) is 6.87. The van der Waals surface area contributed by atoms with Crippen LogP contribution in [0, 0.1) is 5.82 Å². The first-order valence-electron chi connectivity index (χ1n) is 14.2. The number of rotatable bonds is 10. The molecule has 4 aromatic rings. The molecular weight excluding hydrogens is 767 g/mol. The minimum absolute atomic E-state index is 0.0830. The van der Waals surface area contributed by atoms with Gasteiger partial charge in [0, 0.05) is 44.8 Å². The van der Waals surface area contributed by atoms with Crippen LogP contribution >= 0.6 is 23.2 Å². The Morgan fingerprint density at radius 2 is 1.12 bits per heavy atom. The summed E-state index contributed by atoms with van der Waals surface area (Å²) in [5.74, 6) is -3.58. The predicted molar refractivity (Wildman–Crippen MR) is 180 cm³/mol. The van der Waals surface area contributed by atoms with Crippen molar-refractivity contribution in [3.8, 4) is 33.8 Å². The zero-order valence-electron chi connectivity index (χ0n) is 26.8. The van der Waals surface area contributed by atoms with Crippen molar-refractivity contribution >= 4 is 54.8 Å². The van der Waals surface area contributed by atoms with E-state index in [1.807, 2.05) is 0 Å². The van der Waals surface area contributed by atoms with Gasteiger partial charge >= 0.3 is 18.1 Å². The molecule has 0 saturated heterocycles. The van der Waals surface area contributed by atoms with Gasteiger partial charge in [-0.1, -0.05) is 35.3 Å². The molecule has 0 unspecified atom stereocenters. The van der Waals surface area contributed by atoms with E-state index < -0.39 is 61.4 Å². The lowest BCUT2D eigenvalue weighted by molar-refractivity contribution is -0.145. The predicted octanol–water partition coefficient (Wildman–Crippen LogP) is 7.68. The molecule has 2 atom stereocenters. The van der Waals surface area contributed by atoms with E-state index in [2.05, 4.69) is 0 Å². The summed E-state index contributed by atoms with van der Waals surface area (Å²) in [6.45, 7) is 2.56. The van der Waals surface area contributed by atoms with Crippen molar-refractivity contribution in [3.05, 3.63) is 94.2 Å². The maximum absolute atomic E-state index is 14.5. The van der Waals surface area contributed by atoms with Crippen LogP contribution in [-0.4, -0.2) is 63.7 Å². The van der Waals surface area contributed by atoms with Gasteiger partial charge in [0.15, 0.2) is 31.9 Å². The standard InChI is InChI=1S/C17H14F4O5S.C16H14Cl2O5S/c1-9(16(22)23)26-15-6-3-10(17(19,20)21)7-13(15)12-5-4-11(8-14(12)18)27(2,24)25;1-9(16(19)20)23-15-6-3-10(17)7-13(15)12-5-4-11(8-14(12)18)24(2,21)22/h3-9H,1-2H3,(H,22,23);3-9H,1-2H3,(H,19,20)/t2*9-/m00/s1. The van der Waals surface area contributed by atoms with E-state index in [9.17, 15) is 44.0 Å². The number of halogens is 6. The van der Waals surface area contributed by atoms with Crippen LogP contribution in [0.4, 0.5) is 17.6 Å². The average molecular weight is 796 g/mol. The molecule has 0 spiro atoms. The maximum Gasteiger partial charge on any atom is 0.416 e. The van der Waals surface area contributed by atoms with Crippen LogP contribution in [0.15, 0.2) is 82.6 Å². The fourth-order valence-corrected chi connectivity index (χ4v) is 6.01. The van der Waals surface area contributed by atoms with Crippen molar-refractivity contribution in [3.63, 3.8) is 0 Å². The van der Waals surface area contributed by atoms with E-state index >= 15 is 0 Å². The van der Waals surface area contributed by atoms with E-state index in [-0.39, 0.29) is 37.4 Å². The van der Waals surface area contributed by atoms with E-state index in [1.54, 1.807) is 12.1 Å². The number of sulfone groups is 2. The first-order valence-corrected chi connectivity index (χ1v) is 18.7. The third-order valence-corrected chi connectivity index (χ3v) is 9.64. The highest BCUT2D eigenvalue weighted by Crippen LogP contribution is 2.40. The lowest BCUT2D eigenvalue weighted by Gasteiger charge is -2.17. The van der Waals surface area contributed by atoms with Crippen LogP contribution in [0.3, 0.4) is 0 Å². The quantitative estimate of drug-likeness (QED) is 0.152. The van der Waals surface area contributed by atoms with Crippen LogP contribution in [0.25, 0.3) is 22.3 Å². The fourth-order valence-electron chi connectivity index (χ4n) is 4.21. The van der Waals surface area contributed by atoms with Gasteiger partial charge in [-0.2, -0.15) is 13.2 Å². The Balaban J connectivity index is 0.000000277. The summed E-state index contributed by atoms with van der Waals surface area (Å²) in [5, 5.41) is 18.5. The Bertz CT molecular complexity index is 2190. The topological polar surface area (TPSA) is 161 Å². The summed E-state index contributed by atoms with van der Waals surface area (Å²) >= 11 is 12.2. The summed E-state index contributed by atoms with van der Waals surface area (Å²) in [7, 11) is -7.12. The molecule has 18 heteroatoms. The van der Waals surface area contributed by atoms with Crippen molar-refractivity contribution in [2.45, 2.75) is 42.0 Å². The third kappa shape index (κ3) is 10.8. The van der Waals surface area contributed by atoms with Crippen LogP contribution in [-0.2, 0) is 35.4 Å². The number of aliphatic carboxylic acids is 2. The fraction of sp³-hybridized carbons (Fsp3) is 0.212. The summed E-state index contributed by atoms with van der Waals surface area (Å²) in [6.07, 6.45) is -5.26. The number of hydrogen-bond donors (Lipinski definition) is 2. The molecule has 0 bridgehead atoms. The van der Waals surface area contributed by atoms with Crippen molar-refractivity contribution in [1.29, 1.82) is 0 Å². The first kappa shape index (κ1) is 41.0. The number of alkyl halides is 3. The smallest absolute Gasteiger partial charge is 0.416 e. The molecule has 0 aliphatic rings. The number of hydrogen-bond acceptors (Lipinski definition) is 8. The summed E-state index contributed by atoms with van der Waals surface area (Å²) < 4.78 is 110. The number of benzene rings is 4. The molecule has 0 aromatic heterocycles. The molecule has 0 radical (unpaired) electrons. The van der Waals surface area contributed by atoms with Crippen LogP contribution in [0.5, 0.6) is 11.5 Å². The average Bonchev–Trinajstić information content (AvgIpc) is 3.01. The molecule has 0 saturated carbocycles. The number of carboxylic acid groups (broad SMARTS) is 2. The lowest BCUT2D eigenvalue weighted by atomic mass is 10.0. The number of carboxylic acids is 2. The Morgan fingerprint density at radius 1 is 0.667 bits per heavy atom. The van der Waals surface area contributed by atoms with Gasteiger partial charge in [-0.3, -0.25) is 0 Å². The zero-order chi connectivity index (χ0) is 38.6. The minimum atomic E-state index is -4.73. The molecule has 0 heterocycles. The Hall–Kier alpha value is -4.38. The van der Waals surface area contributed by atoms with Crippen LogP contribution < -0.4 is 9.47 Å². The SMILES string of the molecule is C[C@H](Oc1ccc(C(F)(F)F)cc1-c1ccc(S(C)(=O)=O)cc1F)C(=O)O.C[C@H](Oc1ccc(Cl)cc1-c1ccc(S(C)(=O)=O)cc1Cl)C(=O)O. The largest absolute Gasteiger partial charge is 0.479 e. The molecule has 51 heavy (non-hydrogen) atoms. The number of ether oxygens (including phenoxy) is 2. The lowest BCUT2D eigenvalue weighted by Crippen LogP contribution is -2.23. The van der Waals surface area contributed by atoms with E-state index in [0.717, 1.165) is 37.6 Å². The monoisotopic (exact) mass is 794 g/mol. The van der Waals surface area contributed by atoms with Gasteiger partial charge in [0.1, 0.15) is 17.3 Å². The van der Waals surface area contributed by atoms with Gasteiger partial charge in [0.2, 0.25) is 0 Å². The molecule has 4 aromatic carbocycles. The van der Waals surface area contributed by atoms with Gasteiger partial charge in [-0.05, 0) is 74.5 Å². The molecule has 4 rings (SSSR count). The number of carbonyl (C=O) groups is 2. The maximum atomic E-state index is 14.5. The van der Waals surface area contributed by atoms with E-state index in [4.69, 9.17) is 42.9 Å². The van der Waals surface area contributed by atoms with E-state index in [1.165, 1.54) is 31.2 Å². The second-order valence-electron chi connectivity index (χ2n) is 10.9. The summed E-state index contributed by atoms with van der Waals surface area (Å²) in [5.41, 5.74) is -0.851. The van der Waals surface area contributed by atoms with Gasteiger partial charge < -0.3 is 19.7 Å². The van der Waals surface area contributed by atoms with Gasteiger partial charge in [-0.25, -0.2) is 30.8 Å². The molecule has 2 N–H and O–H groups in total. The highest BCUT2D eigenvalue weighted by atomic mass is 35.5. The molecule has 0 fully saturated rings. The molecule has 0 aliphatic carbocycles. The molecule has 10 nitrogen and oxygen atoms in total. The summed E-state index contributed by atoms with van der Waals surface area (Å²) in [4.78, 5) is 21.7. The van der Waals surface area contributed by atoms with Gasteiger partial charge in [0.05, 0.1) is 15.4 Å². The van der Waals surface area contributed by atoms with Gasteiger partial charge in [0.25, 0.3) is 0 Å². The highest BCUT2D eigenvalue weighted by molar-refractivity contribution is 7.91. The molecular formula is C33H28Cl2F4O10S2. The molecule has 274 valence electrons. The Kier molecular flexibility index (Phi) is 12.8. The van der Waals surface area contributed by atoms with Crippen LogP contribution in [0.1, 0.15) is 19.4 Å². The highest BCUT2D eigenvalue weighted by Gasteiger charge is 2.32. The first-order chi connectivity index (χ1) is 23.4. The van der Waals surface area contributed by atoms with Crippen molar-refractivity contribution in [2.75, 3.05) is 12.5 Å². The van der Waals surface area contributed by atoms with Crippen LogP contribution in [0.2, 0.25) is 10.0 Å². The van der Waals surface area contributed by atoms with Crippen molar-refractivity contribution < 1.29 is 63.7 Å². The second kappa shape index (κ2) is 15.9. The zero-order valence-corrected chi connectivity index (χ0v) is 30.0. The van der Waals surface area contributed by atoms with Crippen molar-refractivity contribution in [1.82, 2.24) is 0 Å². The van der Waals surface area contributed by atoms with Gasteiger partial charge in [-0.15, -0.1) is 0 Å². The molecule has 0 amide bonds.